The Hall–Kier alpha value is -0.660. The second-order valence-corrected chi connectivity index (χ2v) is 6.32. The molecule has 0 aromatic carbocycles. The molecule has 1 aromatic heterocycles. The van der Waals surface area contributed by atoms with E-state index in [1.54, 1.807) is 31.1 Å². The summed E-state index contributed by atoms with van der Waals surface area (Å²) in [5.41, 5.74) is 6.77. The molecule has 2 N–H and O–H groups in total. The van der Waals surface area contributed by atoms with Crippen LogP contribution in [0.15, 0.2) is 9.85 Å². The molecule has 0 aliphatic carbocycles. The van der Waals surface area contributed by atoms with Crippen molar-refractivity contribution in [2.24, 2.45) is 5.73 Å². The number of nitrogens with two attached hydrogens (primary N) is 1. The Morgan fingerprint density at radius 3 is 3.00 bits per heavy atom. The third kappa shape index (κ3) is 5.32. The molecule has 0 radical (unpaired) electrons. The van der Waals surface area contributed by atoms with E-state index < -0.39 is 5.54 Å². The van der Waals surface area contributed by atoms with Crippen molar-refractivity contribution >= 4 is 29.1 Å². The third-order valence-corrected chi connectivity index (χ3v) is 4.34. The summed E-state index contributed by atoms with van der Waals surface area (Å²) in [7, 11) is 0. The van der Waals surface area contributed by atoms with Gasteiger partial charge in [0.25, 0.3) is 0 Å². The van der Waals surface area contributed by atoms with Crippen molar-refractivity contribution in [3.63, 3.8) is 0 Å². The van der Waals surface area contributed by atoms with Gasteiger partial charge in [-0.1, -0.05) is 29.5 Å². The highest BCUT2D eigenvalue weighted by Gasteiger charge is 2.28. The molecule has 7 heteroatoms. The van der Waals surface area contributed by atoms with Crippen LogP contribution in [-0.4, -0.2) is 34.1 Å². The predicted molar refractivity (Wildman–Crippen MR) is 73.7 cm³/mol. The molecule has 1 unspecified atom stereocenters. The van der Waals surface area contributed by atoms with E-state index in [2.05, 4.69) is 10.2 Å². The topological polar surface area (TPSA) is 78.1 Å². The number of esters is 1. The predicted octanol–water partition coefficient (Wildman–Crippen LogP) is 2.08. The van der Waals surface area contributed by atoms with E-state index in [4.69, 9.17) is 10.5 Å². The van der Waals surface area contributed by atoms with Crippen molar-refractivity contribution in [1.29, 1.82) is 0 Å². The van der Waals surface area contributed by atoms with Crippen molar-refractivity contribution in [2.75, 3.05) is 12.4 Å². The number of rotatable bonds is 8. The Morgan fingerprint density at radius 2 is 2.39 bits per heavy atom. The Labute approximate surface area is 116 Å². The SMILES string of the molecule is CCOC(=O)C(C)(N)CCCCSc1nncs1. The van der Waals surface area contributed by atoms with E-state index >= 15 is 0 Å². The summed E-state index contributed by atoms with van der Waals surface area (Å²) >= 11 is 3.22. The largest absolute Gasteiger partial charge is 0.465 e. The van der Waals surface area contributed by atoms with Crippen LogP contribution >= 0.6 is 23.1 Å². The van der Waals surface area contributed by atoms with Gasteiger partial charge >= 0.3 is 5.97 Å². The molecule has 18 heavy (non-hydrogen) atoms. The number of carbonyl (C=O) groups excluding carboxylic acids is 1. The van der Waals surface area contributed by atoms with E-state index in [1.807, 2.05) is 0 Å². The van der Waals surface area contributed by atoms with Crippen LogP contribution < -0.4 is 5.73 Å². The first-order chi connectivity index (χ1) is 8.56. The number of unbranched alkanes of at least 4 members (excludes halogenated alkanes) is 1. The van der Waals surface area contributed by atoms with Gasteiger partial charge in [0.05, 0.1) is 6.61 Å². The molecule has 0 fully saturated rings. The molecular formula is C11H19N3O2S2. The van der Waals surface area contributed by atoms with Gasteiger partial charge in [-0.25, -0.2) is 0 Å². The Morgan fingerprint density at radius 1 is 1.61 bits per heavy atom. The number of aromatic nitrogens is 2. The van der Waals surface area contributed by atoms with Crippen LogP contribution in [0.3, 0.4) is 0 Å². The van der Waals surface area contributed by atoms with Gasteiger partial charge in [-0.15, -0.1) is 10.2 Å². The normalized spacial score (nSPS) is 14.2. The summed E-state index contributed by atoms with van der Waals surface area (Å²) in [6.07, 6.45) is 2.54. The summed E-state index contributed by atoms with van der Waals surface area (Å²) in [5.74, 6) is 0.649. The van der Waals surface area contributed by atoms with Crippen molar-refractivity contribution < 1.29 is 9.53 Å². The highest BCUT2D eigenvalue weighted by molar-refractivity contribution is 8.00. The van der Waals surface area contributed by atoms with Crippen LogP contribution in [0.4, 0.5) is 0 Å². The number of hydrogen-bond donors (Lipinski definition) is 1. The van der Waals surface area contributed by atoms with Crippen molar-refractivity contribution in [3.05, 3.63) is 5.51 Å². The van der Waals surface area contributed by atoms with Crippen molar-refractivity contribution in [3.8, 4) is 0 Å². The molecule has 1 rings (SSSR count). The van der Waals surface area contributed by atoms with E-state index in [9.17, 15) is 4.79 Å². The van der Waals surface area contributed by atoms with E-state index in [-0.39, 0.29) is 5.97 Å². The second-order valence-electron chi connectivity index (χ2n) is 4.15. The summed E-state index contributed by atoms with van der Waals surface area (Å²) in [4.78, 5) is 11.5. The minimum atomic E-state index is -0.872. The fourth-order valence-electron chi connectivity index (χ4n) is 1.38. The van der Waals surface area contributed by atoms with Gasteiger partial charge in [-0.2, -0.15) is 0 Å². The minimum Gasteiger partial charge on any atom is -0.465 e. The van der Waals surface area contributed by atoms with Crippen molar-refractivity contribution in [1.82, 2.24) is 10.2 Å². The van der Waals surface area contributed by atoms with Crippen LogP contribution in [-0.2, 0) is 9.53 Å². The first-order valence-corrected chi connectivity index (χ1v) is 7.78. The monoisotopic (exact) mass is 289 g/mol. The van der Waals surface area contributed by atoms with Gasteiger partial charge in [-0.3, -0.25) is 4.79 Å². The number of ether oxygens (including phenoxy) is 1. The molecule has 0 saturated carbocycles. The summed E-state index contributed by atoms with van der Waals surface area (Å²) in [6.45, 7) is 3.88. The third-order valence-electron chi connectivity index (χ3n) is 2.40. The zero-order valence-corrected chi connectivity index (χ0v) is 12.4. The first kappa shape index (κ1) is 15.4. The standard InChI is InChI=1S/C11H19N3O2S2/c1-3-16-9(15)11(2,12)6-4-5-7-17-10-14-13-8-18-10/h8H,3-7,12H2,1-2H3. The second kappa shape index (κ2) is 7.70. The van der Waals surface area contributed by atoms with Crippen LogP contribution in [0.5, 0.6) is 0 Å². The van der Waals surface area contributed by atoms with Crippen LogP contribution in [0.25, 0.3) is 0 Å². The molecule has 0 amide bonds. The van der Waals surface area contributed by atoms with E-state index in [1.165, 1.54) is 11.3 Å². The number of carbonyl (C=O) groups is 1. The summed E-state index contributed by atoms with van der Waals surface area (Å²) < 4.78 is 5.92. The lowest BCUT2D eigenvalue weighted by molar-refractivity contribution is -0.149. The molecule has 1 heterocycles. The maximum absolute atomic E-state index is 11.5. The van der Waals surface area contributed by atoms with Crippen LogP contribution in [0.1, 0.15) is 33.1 Å². The molecule has 1 atom stereocenters. The maximum Gasteiger partial charge on any atom is 0.325 e. The maximum atomic E-state index is 11.5. The van der Waals surface area contributed by atoms with Gasteiger partial charge < -0.3 is 10.5 Å². The molecule has 0 bridgehead atoms. The lowest BCUT2D eigenvalue weighted by Gasteiger charge is -2.21. The fourth-order valence-corrected chi connectivity index (χ4v) is 2.94. The Balaban J connectivity index is 2.14. The smallest absolute Gasteiger partial charge is 0.325 e. The van der Waals surface area contributed by atoms with E-state index in [0.717, 1.165) is 22.9 Å². The van der Waals surface area contributed by atoms with Gasteiger partial charge in [0.2, 0.25) is 0 Å². The van der Waals surface area contributed by atoms with Crippen LogP contribution in [0.2, 0.25) is 0 Å². The van der Waals surface area contributed by atoms with Gasteiger partial charge in [0.15, 0.2) is 4.34 Å². The molecule has 5 nitrogen and oxygen atoms in total. The van der Waals surface area contributed by atoms with Gasteiger partial charge in [0, 0.05) is 5.75 Å². The fraction of sp³-hybridized carbons (Fsp3) is 0.727. The van der Waals surface area contributed by atoms with E-state index in [0.29, 0.717) is 13.0 Å². The molecule has 0 aliphatic heterocycles. The average Bonchev–Trinajstić information content (AvgIpc) is 2.82. The van der Waals surface area contributed by atoms with Crippen LogP contribution in [0, 0.1) is 0 Å². The lowest BCUT2D eigenvalue weighted by Crippen LogP contribution is -2.46. The highest BCUT2D eigenvalue weighted by Crippen LogP contribution is 2.21. The molecule has 0 aliphatic rings. The molecule has 1 aromatic rings. The number of thioether (sulfide) groups is 1. The first-order valence-electron chi connectivity index (χ1n) is 5.91. The quantitative estimate of drug-likeness (QED) is 0.448. The van der Waals surface area contributed by atoms with Gasteiger partial charge in [-0.05, 0) is 26.7 Å². The Kier molecular flexibility index (Phi) is 6.59. The average molecular weight is 289 g/mol. The summed E-state index contributed by atoms with van der Waals surface area (Å²) in [5, 5.41) is 7.72. The zero-order chi connectivity index (χ0) is 13.4. The number of nitrogens with zero attached hydrogens (tertiary/aromatic N) is 2. The molecule has 0 saturated heterocycles. The van der Waals surface area contributed by atoms with Gasteiger partial charge in [0.1, 0.15) is 11.0 Å². The summed E-state index contributed by atoms with van der Waals surface area (Å²) in [6, 6.07) is 0. The molecular weight excluding hydrogens is 270 g/mol. The zero-order valence-electron chi connectivity index (χ0n) is 10.7. The minimum absolute atomic E-state index is 0.318. The number of hydrogen-bond acceptors (Lipinski definition) is 7. The Bertz CT molecular complexity index is 355. The van der Waals surface area contributed by atoms with Crippen molar-refractivity contribution in [2.45, 2.75) is 43.0 Å². The highest BCUT2D eigenvalue weighted by atomic mass is 32.2. The molecule has 102 valence electrons. The molecule has 0 spiro atoms. The lowest BCUT2D eigenvalue weighted by atomic mass is 9.96.